The molecular formula is C20H16BrFN6. The van der Waals surface area contributed by atoms with E-state index < -0.39 is 5.82 Å². The van der Waals surface area contributed by atoms with Gasteiger partial charge in [0, 0.05) is 15.6 Å². The van der Waals surface area contributed by atoms with Crippen molar-refractivity contribution in [1.29, 1.82) is 0 Å². The SMILES string of the molecule is Cc1ccc2cccc(Nc3ncnc(Nc4ccc(Br)cc4F)c3N)c2n1. The number of halogens is 2. The van der Waals surface area contributed by atoms with Crippen LogP contribution in [0.3, 0.4) is 0 Å². The Morgan fingerprint density at radius 3 is 2.46 bits per heavy atom. The van der Waals surface area contributed by atoms with E-state index in [1.807, 2.05) is 37.3 Å². The van der Waals surface area contributed by atoms with Gasteiger partial charge in [0.2, 0.25) is 0 Å². The van der Waals surface area contributed by atoms with E-state index in [-0.39, 0.29) is 11.4 Å². The van der Waals surface area contributed by atoms with Gasteiger partial charge in [-0.3, -0.25) is 4.98 Å². The summed E-state index contributed by atoms with van der Waals surface area (Å²) in [5.74, 6) is 0.296. The van der Waals surface area contributed by atoms with E-state index in [1.54, 1.807) is 12.1 Å². The van der Waals surface area contributed by atoms with Gasteiger partial charge in [0.15, 0.2) is 11.6 Å². The zero-order valence-electron chi connectivity index (χ0n) is 14.9. The van der Waals surface area contributed by atoms with Gasteiger partial charge in [0.05, 0.1) is 16.9 Å². The van der Waals surface area contributed by atoms with Crippen LogP contribution >= 0.6 is 15.9 Å². The molecule has 6 nitrogen and oxygen atoms in total. The van der Waals surface area contributed by atoms with Gasteiger partial charge in [-0.2, -0.15) is 0 Å². The lowest BCUT2D eigenvalue weighted by atomic mass is 10.1. The van der Waals surface area contributed by atoms with Crippen molar-refractivity contribution in [1.82, 2.24) is 15.0 Å². The highest BCUT2D eigenvalue weighted by atomic mass is 79.9. The Balaban J connectivity index is 1.69. The van der Waals surface area contributed by atoms with Crippen molar-refractivity contribution in [2.24, 2.45) is 0 Å². The summed E-state index contributed by atoms with van der Waals surface area (Å²) in [5, 5.41) is 7.12. The number of pyridine rings is 1. The lowest BCUT2D eigenvalue weighted by Gasteiger charge is -2.14. The second-order valence-electron chi connectivity index (χ2n) is 6.19. The van der Waals surface area contributed by atoms with Gasteiger partial charge in [-0.1, -0.05) is 34.1 Å². The van der Waals surface area contributed by atoms with Crippen molar-refractivity contribution in [2.45, 2.75) is 6.92 Å². The topological polar surface area (TPSA) is 88.8 Å². The van der Waals surface area contributed by atoms with Gasteiger partial charge in [-0.25, -0.2) is 14.4 Å². The molecule has 0 radical (unpaired) electrons. The molecule has 4 aromatic rings. The number of benzene rings is 2. The third-order valence-corrected chi connectivity index (χ3v) is 4.67. The second kappa shape index (κ2) is 7.40. The first-order valence-electron chi connectivity index (χ1n) is 8.47. The Labute approximate surface area is 169 Å². The zero-order chi connectivity index (χ0) is 19.7. The van der Waals surface area contributed by atoms with E-state index in [2.05, 4.69) is 41.5 Å². The summed E-state index contributed by atoms with van der Waals surface area (Å²) in [7, 11) is 0. The summed E-state index contributed by atoms with van der Waals surface area (Å²) in [6.45, 7) is 1.93. The maximum Gasteiger partial charge on any atom is 0.159 e. The van der Waals surface area contributed by atoms with Gasteiger partial charge in [-0.15, -0.1) is 0 Å². The molecule has 0 aliphatic heterocycles. The molecule has 8 heteroatoms. The molecule has 28 heavy (non-hydrogen) atoms. The number of nitrogen functional groups attached to an aromatic ring is 1. The average molecular weight is 439 g/mol. The second-order valence-corrected chi connectivity index (χ2v) is 7.10. The van der Waals surface area contributed by atoms with Crippen molar-refractivity contribution in [3.63, 3.8) is 0 Å². The molecule has 2 heterocycles. The van der Waals surface area contributed by atoms with Crippen LogP contribution in [0, 0.1) is 12.7 Å². The van der Waals surface area contributed by atoms with E-state index in [0.29, 0.717) is 16.1 Å². The monoisotopic (exact) mass is 438 g/mol. The summed E-state index contributed by atoms with van der Waals surface area (Å²) in [6, 6.07) is 14.5. The molecule has 2 aromatic carbocycles. The summed E-state index contributed by atoms with van der Waals surface area (Å²) < 4.78 is 14.8. The van der Waals surface area contributed by atoms with Gasteiger partial charge in [0.1, 0.15) is 17.8 Å². The molecule has 4 rings (SSSR count). The van der Waals surface area contributed by atoms with Gasteiger partial charge in [-0.05, 0) is 37.3 Å². The highest BCUT2D eigenvalue weighted by molar-refractivity contribution is 9.10. The normalized spacial score (nSPS) is 10.8. The molecule has 0 amide bonds. The van der Waals surface area contributed by atoms with Crippen LogP contribution in [-0.2, 0) is 0 Å². The Kier molecular flexibility index (Phi) is 4.79. The van der Waals surface area contributed by atoms with Crippen LogP contribution in [0.5, 0.6) is 0 Å². The first kappa shape index (κ1) is 18.1. The van der Waals surface area contributed by atoms with Crippen LogP contribution in [0.4, 0.5) is 33.1 Å². The number of anilines is 5. The molecule has 0 bridgehead atoms. The quantitative estimate of drug-likeness (QED) is 0.400. The standard InChI is InChI=1S/C20H16BrFN6/c1-11-5-6-12-3-2-4-16(18(12)26-11)28-20-17(23)19(24-10-25-20)27-15-8-7-13(21)9-14(15)22/h2-10H,23H2,1H3,(H2,24,25,27,28). The number of rotatable bonds is 4. The third-order valence-electron chi connectivity index (χ3n) is 4.18. The Morgan fingerprint density at radius 2 is 1.71 bits per heavy atom. The van der Waals surface area contributed by atoms with Crippen LogP contribution in [0.2, 0.25) is 0 Å². The highest BCUT2D eigenvalue weighted by Crippen LogP contribution is 2.31. The maximum absolute atomic E-state index is 14.1. The molecule has 0 fully saturated rings. The molecule has 0 saturated carbocycles. The fraction of sp³-hybridized carbons (Fsp3) is 0.0500. The molecule has 140 valence electrons. The minimum Gasteiger partial charge on any atom is -0.393 e. The number of para-hydroxylation sites is 1. The molecule has 0 aliphatic carbocycles. The van der Waals surface area contributed by atoms with Gasteiger partial charge in [0.25, 0.3) is 0 Å². The number of aromatic nitrogens is 3. The first-order valence-corrected chi connectivity index (χ1v) is 9.26. The van der Waals surface area contributed by atoms with Crippen molar-refractivity contribution >= 4 is 55.5 Å². The first-order chi connectivity index (χ1) is 13.5. The number of fused-ring (bicyclic) bond motifs is 1. The van der Waals surface area contributed by atoms with Gasteiger partial charge >= 0.3 is 0 Å². The fourth-order valence-corrected chi connectivity index (χ4v) is 3.12. The van der Waals surface area contributed by atoms with Crippen molar-refractivity contribution < 1.29 is 4.39 Å². The summed E-state index contributed by atoms with van der Waals surface area (Å²) >= 11 is 3.24. The largest absolute Gasteiger partial charge is 0.393 e. The molecule has 2 aromatic heterocycles. The van der Waals surface area contributed by atoms with Crippen LogP contribution in [0.15, 0.2) is 59.3 Å². The molecular weight excluding hydrogens is 423 g/mol. The van der Waals surface area contributed by atoms with E-state index >= 15 is 0 Å². The predicted octanol–water partition coefficient (Wildman–Crippen LogP) is 5.30. The lowest BCUT2D eigenvalue weighted by molar-refractivity contribution is 0.631. The number of nitrogens with two attached hydrogens (primary N) is 1. The molecule has 0 atom stereocenters. The van der Waals surface area contributed by atoms with E-state index in [0.717, 1.165) is 22.3 Å². The number of nitrogens with zero attached hydrogens (tertiary/aromatic N) is 3. The van der Waals surface area contributed by atoms with Gasteiger partial charge < -0.3 is 16.4 Å². The van der Waals surface area contributed by atoms with Crippen LogP contribution in [0.25, 0.3) is 10.9 Å². The molecule has 0 aliphatic rings. The molecule has 0 spiro atoms. The lowest BCUT2D eigenvalue weighted by Crippen LogP contribution is -2.06. The van der Waals surface area contributed by atoms with Crippen molar-refractivity contribution in [2.75, 3.05) is 16.4 Å². The predicted molar refractivity (Wildman–Crippen MR) is 114 cm³/mol. The minimum atomic E-state index is -0.421. The van der Waals surface area contributed by atoms with E-state index in [4.69, 9.17) is 5.73 Å². The van der Waals surface area contributed by atoms with E-state index in [9.17, 15) is 4.39 Å². The Hall–Kier alpha value is -3.26. The van der Waals surface area contributed by atoms with Crippen molar-refractivity contribution in [3.05, 3.63) is 70.8 Å². The number of aryl methyl sites for hydroxylation is 1. The zero-order valence-corrected chi connectivity index (χ0v) is 16.5. The summed E-state index contributed by atoms with van der Waals surface area (Å²) in [4.78, 5) is 13.0. The van der Waals surface area contributed by atoms with E-state index in [1.165, 1.54) is 12.4 Å². The van der Waals surface area contributed by atoms with Crippen LogP contribution < -0.4 is 16.4 Å². The number of hydrogen-bond acceptors (Lipinski definition) is 6. The molecule has 0 unspecified atom stereocenters. The average Bonchev–Trinajstić information content (AvgIpc) is 2.67. The highest BCUT2D eigenvalue weighted by Gasteiger charge is 2.12. The molecule has 0 saturated heterocycles. The summed E-state index contributed by atoms with van der Waals surface area (Å²) in [6.07, 6.45) is 1.36. The van der Waals surface area contributed by atoms with Crippen LogP contribution in [0.1, 0.15) is 5.69 Å². The summed E-state index contributed by atoms with van der Waals surface area (Å²) in [5.41, 5.74) is 9.26. The van der Waals surface area contributed by atoms with Crippen LogP contribution in [-0.4, -0.2) is 15.0 Å². The molecule has 4 N–H and O–H groups in total. The smallest absolute Gasteiger partial charge is 0.159 e. The van der Waals surface area contributed by atoms with Crippen molar-refractivity contribution in [3.8, 4) is 0 Å². The fourth-order valence-electron chi connectivity index (χ4n) is 2.79. The number of hydrogen-bond donors (Lipinski definition) is 3. The maximum atomic E-state index is 14.1. The minimum absolute atomic E-state index is 0.266. The Morgan fingerprint density at radius 1 is 0.964 bits per heavy atom. The third kappa shape index (κ3) is 3.59. The Bertz CT molecular complexity index is 1180. The number of nitrogens with one attached hydrogen (secondary N) is 2.